The third-order valence-electron chi connectivity index (χ3n) is 7.26. The second-order valence-electron chi connectivity index (χ2n) is 8.53. The SMILES string of the molecule is CCOC(=O)CC1CC2(O)C3Cc4ccc(OC)cc4C2(CCN3C)CC1=O. The minimum Gasteiger partial charge on any atom is -0.497 e. The van der Waals surface area contributed by atoms with Gasteiger partial charge < -0.3 is 19.5 Å². The molecule has 0 aromatic heterocycles. The highest BCUT2D eigenvalue weighted by molar-refractivity contribution is 5.88. The maximum Gasteiger partial charge on any atom is 0.306 e. The zero-order valence-electron chi connectivity index (χ0n) is 16.9. The van der Waals surface area contributed by atoms with Crippen molar-refractivity contribution in [2.75, 3.05) is 27.3 Å². The van der Waals surface area contributed by atoms with Crippen LogP contribution in [0.15, 0.2) is 18.2 Å². The fraction of sp³-hybridized carbons (Fsp3) is 0.636. The number of methoxy groups -OCH3 is 1. The molecule has 1 heterocycles. The van der Waals surface area contributed by atoms with Crippen LogP contribution in [0.3, 0.4) is 0 Å². The van der Waals surface area contributed by atoms with Gasteiger partial charge >= 0.3 is 5.97 Å². The molecule has 1 saturated carbocycles. The van der Waals surface area contributed by atoms with Crippen molar-refractivity contribution in [2.45, 2.75) is 56.1 Å². The van der Waals surface area contributed by atoms with Crippen molar-refractivity contribution >= 4 is 11.8 Å². The smallest absolute Gasteiger partial charge is 0.306 e. The molecular weight excluding hydrogens is 358 g/mol. The van der Waals surface area contributed by atoms with Crippen LogP contribution in [0.4, 0.5) is 0 Å². The number of benzene rings is 1. The van der Waals surface area contributed by atoms with Crippen molar-refractivity contribution in [3.8, 4) is 5.75 Å². The van der Waals surface area contributed by atoms with E-state index in [2.05, 4.69) is 11.0 Å². The molecule has 3 aliphatic rings. The first-order chi connectivity index (χ1) is 13.3. The number of hydrogen-bond donors (Lipinski definition) is 1. The minimum atomic E-state index is -1.05. The zero-order chi connectivity index (χ0) is 20.1. The van der Waals surface area contributed by atoms with E-state index in [9.17, 15) is 14.7 Å². The Morgan fingerprint density at radius 3 is 2.89 bits per heavy atom. The summed E-state index contributed by atoms with van der Waals surface area (Å²) in [6.45, 7) is 2.89. The molecule has 1 aromatic rings. The topological polar surface area (TPSA) is 76.1 Å². The number of carbonyl (C=O) groups excluding carboxylic acids is 2. The van der Waals surface area contributed by atoms with Crippen molar-refractivity contribution < 1.29 is 24.2 Å². The van der Waals surface area contributed by atoms with Gasteiger partial charge in [0.2, 0.25) is 0 Å². The number of likely N-dealkylation sites (tertiary alicyclic amines) is 1. The summed E-state index contributed by atoms with van der Waals surface area (Å²) in [6.07, 6.45) is 2.06. The van der Waals surface area contributed by atoms with E-state index < -0.39 is 16.9 Å². The van der Waals surface area contributed by atoms with Gasteiger partial charge in [-0.25, -0.2) is 0 Å². The molecule has 0 spiro atoms. The number of hydrogen-bond acceptors (Lipinski definition) is 6. The van der Waals surface area contributed by atoms with Crippen LogP contribution in [0, 0.1) is 5.92 Å². The van der Waals surface area contributed by atoms with Crippen molar-refractivity contribution in [3.05, 3.63) is 29.3 Å². The van der Waals surface area contributed by atoms with Crippen LogP contribution in [0.1, 0.15) is 43.7 Å². The lowest BCUT2D eigenvalue weighted by atomic mass is 9.47. The van der Waals surface area contributed by atoms with Crippen LogP contribution in [0.25, 0.3) is 0 Å². The quantitative estimate of drug-likeness (QED) is 0.795. The number of esters is 1. The Morgan fingerprint density at radius 2 is 2.18 bits per heavy atom. The second-order valence-corrected chi connectivity index (χ2v) is 8.53. The van der Waals surface area contributed by atoms with Gasteiger partial charge in [0.05, 0.1) is 25.7 Å². The van der Waals surface area contributed by atoms with Gasteiger partial charge in [0.25, 0.3) is 0 Å². The molecule has 6 nitrogen and oxygen atoms in total. The van der Waals surface area contributed by atoms with E-state index in [0.717, 1.165) is 24.3 Å². The lowest BCUT2D eigenvalue weighted by Gasteiger charge is -2.63. The number of likely N-dealkylation sites (N-methyl/N-ethyl adjacent to an activating group) is 1. The third-order valence-corrected chi connectivity index (χ3v) is 7.26. The molecule has 4 unspecified atom stereocenters. The van der Waals surface area contributed by atoms with E-state index >= 15 is 0 Å². The molecule has 4 rings (SSSR count). The Kier molecular flexibility index (Phi) is 4.74. The highest BCUT2D eigenvalue weighted by atomic mass is 16.5. The maximum atomic E-state index is 13.1. The van der Waals surface area contributed by atoms with Crippen LogP contribution in [0.2, 0.25) is 0 Å². The molecule has 1 saturated heterocycles. The molecule has 2 bridgehead atoms. The number of rotatable bonds is 4. The lowest BCUT2D eigenvalue weighted by Crippen LogP contribution is -2.73. The zero-order valence-corrected chi connectivity index (χ0v) is 16.9. The van der Waals surface area contributed by atoms with Gasteiger partial charge in [0.1, 0.15) is 11.5 Å². The van der Waals surface area contributed by atoms with E-state index in [4.69, 9.17) is 9.47 Å². The fourth-order valence-corrected chi connectivity index (χ4v) is 5.84. The summed E-state index contributed by atoms with van der Waals surface area (Å²) in [5.74, 6) is -0.0548. The van der Waals surface area contributed by atoms with E-state index in [0.29, 0.717) is 19.4 Å². The van der Waals surface area contributed by atoms with Crippen molar-refractivity contribution in [2.24, 2.45) is 5.92 Å². The van der Waals surface area contributed by atoms with Crippen molar-refractivity contribution in [1.82, 2.24) is 4.90 Å². The van der Waals surface area contributed by atoms with Gasteiger partial charge in [0, 0.05) is 23.8 Å². The largest absolute Gasteiger partial charge is 0.497 e. The number of fused-ring (bicyclic) bond motifs is 1. The first-order valence-corrected chi connectivity index (χ1v) is 10.1. The predicted molar refractivity (Wildman–Crippen MR) is 103 cm³/mol. The number of ether oxygens (including phenoxy) is 2. The van der Waals surface area contributed by atoms with Crippen molar-refractivity contribution in [1.29, 1.82) is 0 Å². The van der Waals surface area contributed by atoms with Gasteiger partial charge in [-0.05, 0) is 63.0 Å². The van der Waals surface area contributed by atoms with Crippen LogP contribution >= 0.6 is 0 Å². The molecule has 0 amide bonds. The summed E-state index contributed by atoms with van der Waals surface area (Å²) in [6, 6.07) is 5.95. The Labute approximate surface area is 165 Å². The summed E-state index contributed by atoms with van der Waals surface area (Å²) >= 11 is 0. The second kappa shape index (κ2) is 6.85. The summed E-state index contributed by atoms with van der Waals surface area (Å²) in [5.41, 5.74) is 0.555. The molecule has 2 aliphatic carbocycles. The van der Waals surface area contributed by atoms with Crippen molar-refractivity contribution in [3.63, 3.8) is 0 Å². The Bertz CT molecular complexity index is 808. The molecule has 1 aromatic carbocycles. The summed E-state index contributed by atoms with van der Waals surface area (Å²) < 4.78 is 10.5. The number of ketones is 1. The molecule has 152 valence electrons. The van der Waals surface area contributed by atoms with Gasteiger partial charge in [0.15, 0.2) is 0 Å². The monoisotopic (exact) mass is 387 g/mol. The van der Waals surface area contributed by atoms with Gasteiger partial charge in [-0.3, -0.25) is 9.59 Å². The normalized spacial score (nSPS) is 34.4. The van der Waals surface area contributed by atoms with E-state index in [1.165, 1.54) is 5.56 Å². The third kappa shape index (κ3) is 2.69. The van der Waals surface area contributed by atoms with Gasteiger partial charge in [-0.1, -0.05) is 6.07 Å². The molecule has 1 N–H and O–H groups in total. The number of aliphatic hydroxyl groups is 1. The van der Waals surface area contributed by atoms with Crippen LogP contribution in [0.5, 0.6) is 5.75 Å². The fourth-order valence-electron chi connectivity index (χ4n) is 5.84. The summed E-state index contributed by atoms with van der Waals surface area (Å²) in [5, 5.41) is 12.1. The highest BCUT2D eigenvalue weighted by Gasteiger charge is 2.66. The molecule has 4 atom stereocenters. The van der Waals surface area contributed by atoms with E-state index in [-0.39, 0.29) is 30.6 Å². The standard InChI is InChI=1S/C22H29NO5/c1-4-28-20(25)10-15-12-22(26)19-9-14-5-6-16(27-3)11-17(14)21(22,13-18(15)24)7-8-23(19)2/h5-6,11,15,19,26H,4,7-10,12-13H2,1-3H3. The molecule has 0 radical (unpaired) electrons. The van der Waals surface area contributed by atoms with Gasteiger partial charge in [-0.2, -0.15) is 0 Å². The molecule has 6 heteroatoms. The van der Waals surface area contributed by atoms with Gasteiger partial charge in [-0.15, -0.1) is 0 Å². The number of nitrogens with zero attached hydrogens (tertiary/aromatic N) is 1. The van der Waals surface area contributed by atoms with Crippen LogP contribution < -0.4 is 4.74 Å². The first-order valence-electron chi connectivity index (χ1n) is 10.1. The molecule has 28 heavy (non-hydrogen) atoms. The Balaban J connectivity index is 1.78. The van der Waals surface area contributed by atoms with E-state index in [1.54, 1.807) is 14.0 Å². The number of piperidine rings is 1. The molecule has 1 aliphatic heterocycles. The summed E-state index contributed by atoms with van der Waals surface area (Å²) in [7, 11) is 3.67. The average Bonchev–Trinajstić information content (AvgIpc) is 2.66. The number of Topliss-reactive ketones (excluding diaryl/α,β-unsaturated/α-hetero) is 1. The lowest BCUT2D eigenvalue weighted by molar-refractivity contribution is -0.180. The highest BCUT2D eigenvalue weighted by Crippen LogP contribution is 2.58. The number of carbonyl (C=O) groups is 2. The average molecular weight is 387 g/mol. The molecular formula is C22H29NO5. The minimum absolute atomic E-state index is 0.0481. The maximum absolute atomic E-state index is 13.1. The summed E-state index contributed by atoms with van der Waals surface area (Å²) in [4.78, 5) is 27.3. The first kappa shape index (κ1) is 19.4. The predicted octanol–water partition coefficient (Wildman–Crippen LogP) is 1.86. The molecule has 2 fully saturated rings. The van der Waals surface area contributed by atoms with E-state index in [1.807, 2.05) is 19.2 Å². The Hall–Kier alpha value is -1.92. The van der Waals surface area contributed by atoms with Crippen LogP contribution in [-0.2, 0) is 26.2 Å². The Morgan fingerprint density at radius 1 is 1.39 bits per heavy atom. The van der Waals surface area contributed by atoms with Crippen LogP contribution in [-0.4, -0.2) is 60.7 Å².